The van der Waals surface area contributed by atoms with E-state index in [2.05, 4.69) is 15.3 Å². The normalized spacial score (nSPS) is 17.1. The lowest BCUT2D eigenvalue weighted by atomic mass is 10.2. The minimum Gasteiger partial charge on any atom is -0.339 e. The third-order valence-electron chi connectivity index (χ3n) is 3.67. The van der Waals surface area contributed by atoms with Crippen LogP contribution in [0.5, 0.6) is 0 Å². The first-order valence-electron chi connectivity index (χ1n) is 6.97. The van der Waals surface area contributed by atoms with Crippen molar-refractivity contribution in [2.45, 2.75) is 38.1 Å². The Morgan fingerprint density at radius 2 is 1.75 bits per heavy atom. The molecule has 0 saturated carbocycles. The summed E-state index contributed by atoms with van der Waals surface area (Å²) < 4.78 is 0. The second kappa shape index (κ2) is 6.54. The molecule has 0 bridgehead atoms. The molecule has 2 rings (SSSR count). The molecule has 0 aromatic carbocycles. The highest BCUT2D eigenvalue weighted by molar-refractivity contribution is 8.00. The Bertz CT molecular complexity index is 477. The van der Waals surface area contributed by atoms with Gasteiger partial charge in [-0.25, -0.2) is 9.97 Å². The Balaban J connectivity index is 2.03. The van der Waals surface area contributed by atoms with Crippen molar-refractivity contribution in [2.24, 2.45) is 0 Å². The highest BCUT2D eigenvalue weighted by Gasteiger charge is 2.23. The minimum atomic E-state index is -0.144. The number of hydrogen-bond donors (Lipinski definition) is 1. The summed E-state index contributed by atoms with van der Waals surface area (Å²) in [6, 6.07) is 0. The zero-order valence-electron chi connectivity index (χ0n) is 12.6. The molecular formula is C14H22N4OS. The monoisotopic (exact) mass is 294 g/mol. The fraction of sp³-hybridized carbons (Fsp3) is 0.643. The summed E-state index contributed by atoms with van der Waals surface area (Å²) in [5.41, 5.74) is 3.10. The largest absolute Gasteiger partial charge is 0.339 e. The van der Waals surface area contributed by atoms with E-state index >= 15 is 0 Å². The smallest absolute Gasteiger partial charge is 0.235 e. The van der Waals surface area contributed by atoms with E-state index in [0.29, 0.717) is 5.16 Å². The molecule has 110 valence electrons. The van der Waals surface area contributed by atoms with E-state index in [1.165, 1.54) is 11.8 Å². The van der Waals surface area contributed by atoms with Crippen LogP contribution in [0.1, 0.15) is 23.9 Å². The standard InChI is InChI=1S/C14H22N4OS/c1-9-10(2)16-14(17-11(9)3)20-12(4)13(19)18-7-5-15-6-8-18/h12,15H,5-8H2,1-4H3. The van der Waals surface area contributed by atoms with Crippen molar-refractivity contribution in [3.8, 4) is 0 Å². The van der Waals surface area contributed by atoms with Crippen LogP contribution in [-0.2, 0) is 4.79 Å². The van der Waals surface area contributed by atoms with Crippen molar-refractivity contribution in [1.29, 1.82) is 0 Å². The molecule has 1 atom stereocenters. The molecule has 1 N–H and O–H groups in total. The Hall–Kier alpha value is -1.14. The predicted molar refractivity (Wildman–Crippen MR) is 81.0 cm³/mol. The van der Waals surface area contributed by atoms with Crippen LogP contribution in [0.4, 0.5) is 0 Å². The van der Waals surface area contributed by atoms with Crippen LogP contribution >= 0.6 is 11.8 Å². The van der Waals surface area contributed by atoms with Gasteiger partial charge >= 0.3 is 0 Å². The topological polar surface area (TPSA) is 58.1 Å². The minimum absolute atomic E-state index is 0.144. The summed E-state index contributed by atoms with van der Waals surface area (Å²) in [5, 5.41) is 3.81. The Kier molecular flexibility index (Phi) is 4.99. The first-order chi connectivity index (χ1) is 9.49. The van der Waals surface area contributed by atoms with Gasteiger partial charge in [-0.3, -0.25) is 4.79 Å². The van der Waals surface area contributed by atoms with Gasteiger partial charge in [0.1, 0.15) is 0 Å². The lowest BCUT2D eigenvalue weighted by Gasteiger charge is -2.29. The van der Waals surface area contributed by atoms with Gasteiger partial charge in [0.2, 0.25) is 5.91 Å². The van der Waals surface area contributed by atoms with Gasteiger partial charge in [-0.15, -0.1) is 0 Å². The molecule has 1 aromatic heterocycles. The fourth-order valence-electron chi connectivity index (χ4n) is 2.14. The summed E-state index contributed by atoms with van der Waals surface area (Å²) >= 11 is 1.45. The zero-order valence-corrected chi connectivity index (χ0v) is 13.4. The van der Waals surface area contributed by atoms with Gasteiger partial charge in [0.05, 0.1) is 5.25 Å². The Labute approximate surface area is 124 Å². The molecule has 1 aliphatic heterocycles. The predicted octanol–water partition coefficient (Wildman–Crippen LogP) is 1.31. The van der Waals surface area contributed by atoms with E-state index in [-0.39, 0.29) is 11.2 Å². The molecule has 1 amide bonds. The first-order valence-corrected chi connectivity index (χ1v) is 7.85. The highest BCUT2D eigenvalue weighted by atomic mass is 32.2. The number of nitrogens with one attached hydrogen (secondary N) is 1. The van der Waals surface area contributed by atoms with Crippen molar-refractivity contribution in [1.82, 2.24) is 20.2 Å². The maximum atomic E-state index is 12.4. The maximum absolute atomic E-state index is 12.4. The van der Waals surface area contributed by atoms with E-state index < -0.39 is 0 Å². The Morgan fingerprint density at radius 1 is 1.20 bits per heavy atom. The average Bonchev–Trinajstić information content (AvgIpc) is 2.44. The van der Waals surface area contributed by atoms with Crippen LogP contribution < -0.4 is 5.32 Å². The number of nitrogens with zero attached hydrogens (tertiary/aromatic N) is 3. The van der Waals surface area contributed by atoms with E-state index in [1.807, 2.05) is 32.6 Å². The van der Waals surface area contributed by atoms with E-state index in [0.717, 1.165) is 43.1 Å². The molecule has 0 spiro atoms. The lowest BCUT2D eigenvalue weighted by molar-refractivity contribution is -0.130. The summed E-state index contributed by atoms with van der Waals surface area (Å²) in [4.78, 5) is 23.2. The third-order valence-corrected chi connectivity index (χ3v) is 4.62. The number of piperazine rings is 1. The number of rotatable bonds is 3. The lowest BCUT2D eigenvalue weighted by Crippen LogP contribution is -2.48. The fourth-order valence-corrected chi connectivity index (χ4v) is 3.09. The van der Waals surface area contributed by atoms with E-state index in [1.54, 1.807) is 0 Å². The van der Waals surface area contributed by atoms with Gasteiger partial charge in [-0.1, -0.05) is 11.8 Å². The number of carbonyl (C=O) groups is 1. The summed E-state index contributed by atoms with van der Waals surface area (Å²) in [7, 11) is 0. The van der Waals surface area contributed by atoms with Crippen molar-refractivity contribution in [2.75, 3.05) is 26.2 Å². The van der Waals surface area contributed by atoms with Crippen LogP contribution in [0.25, 0.3) is 0 Å². The van der Waals surface area contributed by atoms with Gasteiger partial charge in [0.25, 0.3) is 0 Å². The summed E-state index contributed by atoms with van der Waals surface area (Å²) in [6.07, 6.45) is 0. The van der Waals surface area contributed by atoms with E-state index in [4.69, 9.17) is 0 Å². The number of thioether (sulfide) groups is 1. The van der Waals surface area contributed by atoms with Crippen molar-refractivity contribution >= 4 is 17.7 Å². The van der Waals surface area contributed by atoms with Gasteiger partial charge in [-0.2, -0.15) is 0 Å². The van der Waals surface area contributed by atoms with Crippen LogP contribution in [0.15, 0.2) is 5.16 Å². The Morgan fingerprint density at radius 3 is 2.30 bits per heavy atom. The van der Waals surface area contributed by atoms with Crippen LogP contribution in [0.3, 0.4) is 0 Å². The maximum Gasteiger partial charge on any atom is 0.235 e. The molecule has 6 heteroatoms. The molecule has 2 heterocycles. The second-order valence-electron chi connectivity index (χ2n) is 5.14. The summed E-state index contributed by atoms with van der Waals surface area (Å²) in [5.74, 6) is 0.177. The van der Waals surface area contributed by atoms with Gasteiger partial charge in [-0.05, 0) is 33.3 Å². The van der Waals surface area contributed by atoms with Crippen molar-refractivity contribution < 1.29 is 4.79 Å². The average molecular weight is 294 g/mol. The summed E-state index contributed by atoms with van der Waals surface area (Å²) in [6.45, 7) is 11.3. The molecule has 1 aromatic rings. The SMILES string of the molecule is Cc1nc(SC(C)C(=O)N2CCNCC2)nc(C)c1C. The molecule has 1 saturated heterocycles. The number of amides is 1. The number of aryl methyl sites for hydroxylation is 2. The van der Waals surface area contributed by atoms with Crippen molar-refractivity contribution in [3.05, 3.63) is 17.0 Å². The molecule has 1 fully saturated rings. The van der Waals surface area contributed by atoms with Gasteiger partial charge in [0.15, 0.2) is 5.16 Å². The van der Waals surface area contributed by atoms with Crippen LogP contribution in [0, 0.1) is 20.8 Å². The number of carbonyl (C=O) groups excluding carboxylic acids is 1. The molecule has 1 aliphatic rings. The zero-order chi connectivity index (χ0) is 14.7. The van der Waals surface area contributed by atoms with Crippen molar-refractivity contribution in [3.63, 3.8) is 0 Å². The quantitative estimate of drug-likeness (QED) is 0.673. The van der Waals surface area contributed by atoms with Gasteiger partial charge in [0, 0.05) is 37.6 Å². The second-order valence-corrected chi connectivity index (χ2v) is 6.45. The number of hydrogen-bond acceptors (Lipinski definition) is 5. The molecule has 0 aliphatic carbocycles. The van der Waals surface area contributed by atoms with Gasteiger partial charge < -0.3 is 10.2 Å². The van der Waals surface area contributed by atoms with Crippen LogP contribution in [-0.4, -0.2) is 52.2 Å². The number of aromatic nitrogens is 2. The highest BCUT2D eigenvalue weighted by Crippen LogP contribution is 2.23. The molecule has 20 heavy (non-hydrogen) atoms. The molecule has 1 unspecified atom stereocenters. The third kappa shape index (κ3) is 3.49. The molecule has 5 nitrogen and oxygen atoms in total. The molecular weight excluding hydrogens is 272 g/mol. The first kappa shape index (κ1) is 15.3. The van der Waals surface area contributed by atoms with E-state index in [9.17, 15) is 4.79 Å². The molecule has 0 radical (unpaired) electrons. The van der Waals surface area contributed by atoms with Crippen LogP contribution in [0.2, 0.25) is 0 Å².